The van der Waals surface area contributed by atoms with Crippen LogP contribution in [-0.2, 0) is 0 Å². The third-order valence-corrected chi connectivity index (χ3v) is 5.63. The number of benzene rings is 1. The lowest BCUT2D eigenvalue weighted by molar-refractivity contribution is 0.183. The van der Waals surface area contributed by atoms with Crippen molar-refractivity contribution in [3.05, 3.63) is 29.3 Å². The Morgan fingerprint density at radius 1 is 1.24 bits per heavy atom. The molecule has 3 atom stereocenters. The van der Waals surface area contributed by atoms with Gasteiger partial charge in [0.2, 0.25) is 0 Å². The van der Waals surface area contributed by atoms with E-state index in [1.54, 1.807) is 0 Å². The smallest absolute Gasteiger partial charge is 0.0417 e. The number of halogens is 1. The normalized spacial score (nSPS) is 32.9. The van der Waals surface area contributed by atoms with Gasteiger partial charge in [0.25, 0.3) is 0 Å². The molecule has 1 aromatic carbocycles. The molecule has 92 valence electrons. The van der Waals surface area contributed by atoms with Crippen LogP contribution in [-0.4, -0.2) is 29.3 Å². The highest BCUT2D eigenvalue weighted by molar-refractivity contribution is 8.00. The summed E-state index contributed by atoms with van der Waals surface area (Å²) in [6, 6.07) is 9.91. The Balaban J connectivity index is 1.67. The van der Waals surface area contributed by atoms with Crippen LogP contribution in [0.5, 0.6) is 0 Å². The van der Waals surface area contributed by atoms with Crippen molar-refractivity contribution in [3.63, 3.8) is 0 Å². The average molecular weight is 268 g/mol. The van der Waals surface area contributed by atoms with Crippen molar-refractivity contribution >= 4 is 23.4 Å². The van der Waals surface area contributed by atoms with Gasteiger partial charge in [-0.2, -0.15) is 0 Å². The number of fused-ring (bicyclic) bond motifs is 2. The Kier molecular flexibility index (Phi) is 3.38. The van der Waals surface area contributed by atoms with E-state index in [9.17, 15) is 0 Å². The molecule has 3 rings (SSSR count). The van der Waals surface area contributed by atoms with Gasteiger partial charge in [-0.05, 0) is 50.9 Å². The Hall–Kier alpha value is -0.180. The molecule has 1 unspecified atom stereocenters. The Morgan fingerprint density at radius 2 is 1.94 bits per heavy atom. The molecule has 1 nitrogen and oxygen atoms in total. The highest BCUT2D eigenvalue weighted by atomic mass is 35.5. The van der Waals surface area contributed by atoms with Crippen LogP contribution in [0.4, 0.5) is 0 Å². The number of nitrogens with zero attached hydrogens (tertiary/aromatic N) is 1. The van der Waals surface area contributed by atoms with Crippen LogP contribution in [0.15, 0.2) is 29.2 Å². The van der Waals surface area contributed by atoms with Crippen LogP contribution >= 0.6 is 23.4 Å². The maximum atomic E-state index is 6.03. The minimum atomic E-state index is 0.780. The first kappa shape index (κ1) is 11.9. The van der Waals surface area contributed by atoms with Gasteiger partial charge in [-0.3, -0.25) is 0 Å². The predicted molar refractivity (Wildman–Crippen MR) is 74.9 cm³/mol. The molecule has 2 aliphatic rings. The predicted octanol–water partition coefficient (Wildman–Crippen LogP) is 4.06. The first-order chi connectivity index (χ1) is 8.22. The number of thioether (sulfide) groups is 1. The second-order valence-electron chi connectivity index (χ2n) is 5.22. The van der Waals surface area contributed by atoms with Gasteiger partial charge in [0, 0.05) is 27.3 Å². The second-order valence-corrected chi connectivity index (χ2v) is 7.03. The van der Waals surface area contributed by atoms with Crippen molar-refractivity contribution in [2.75, 3.05) is 7.05 Å². The zero-order valence-electron chi connectivity index (χ0n) is 10.1. The molecule has 0 radical (unpaired) electrons. The van der Waals surface area contributed by atoms with E-state index in [0.717, 1.165) is 22.4 Å². The second kappa shape index (κ2) is 4.83. The van der Waals surface area contributed by atoms with E-state index >= 15 is 0 Å². The van der Waals surface area contributed by atoms with Crippen molar-refractivity contribution in [1.82, 2.24) is 4.90 Å². The molecule has 2 heterocycles. The summed E-state index contributed by atoms with van der Waals surface area (Å²) in [6.45, 7) is 0. The zero-order chi connectivity index (χ0) is 11.8. The zero-order valence-corrected chi connectivity index (χ0v) is 11.7. The van der Waals surface area contributed by atoms with Crippen molar-refractivity contribution in [3.8, 4) is 0 Å². The standard InChI is InChI=1S/C14H18ClNS/c1-16-11-5-6-12(16)9-14(8-11)17-13-4-2-3-10(15)7-13/h2-4,7,11-12,14H,5-6,8-9H2,1H3/t11-,12+,14?. The van der Waals surface area contributed by atoms with Crippen molar-refractivity contribution in [2.24, 2.45) is 0 Å². The average Bonchev–Trinajstić information content (AvgIpc) is 2.52. The lowest BCUT2D eigenvalue weighted by Gasteiger charge is -2.36. The molecule has 0 saturated carbocycles. The van der Waals surface area contributed by atoms with Crippen LogP contribution < -0.4 is 0 Å². The molecule has 0 aromatic heterocycles. The summed E-state index contributed by atoms with van der Waals surface area (Å²) in [7, 11) is 2.29. The van der Waals surface area contributed by atoms with Crippen molar-refractivity contribution < 1.29 is 0 Å². The van der Waals surface area contributed by atoms with Gasteiger partial charge >= 0.3 is 0 Å². The first-order valence-corrected chi connectivity index (χ1v) is 7.62. The Labute approximate surface area is 113 Å². The number of piperidine rings is 1. The summed E-state index contributed by atoms with van der Waals surface area (Å²) in [4.78, 5) is 3.92. The van der Waals surface area contributed by atoms with E-state index in [2.05, 4.69) is 24.1 Å². The van der Waals surface area contributed by atoms with Crippen LogP contribution in [0.2, 0.25) is 5.02 Å². The first-order valence-electron chi connectivity index (χ1n) is 6.36. The van der Waals surface area contributed by atoms with E-state index in [4.69, 9.17) is 11.6 Å². The minimum absolute atomic E-state index is 0.780. The Bertz CT molecular complexity index is 395. The maximum Gasteiger partial charge on any atom is 0.0417 e. The van der Waals surface area contributed by atoms with Gasteiger partial charge in [-0.15, -0.1) is 11.8 Å². The number of hydrogen-bond acceptors (Lipinski definition) is 2. The molecule has 3 heteroatoms. The molecule has 2 bridgehead atoms. The monoisotopic (exact) mass is 267 g/mol. The van der Waals surface area contributed by atoms with Gasteiger partial charge < -0.3 is 4.90 Å². The van der Waals surface area contributed by atoms with Gasteiger partial charge in [0.15, 0.2) is 0 Å². The fraction of sp³-hybridized carbons (Fsp3) is 0.571. The minimum Gasteiger partial charge on any atom is -0.300 e. The highest BCUT2D eigenvalue weighted by Gasteiger charge is 2.38. The summed E-state index contributed by atoms with van der Waals surface area (Å²) in [5.74, 6) is 0. The summed E-state index contributed by atoms with van der Waals surface area (Å²) in [5, 5.41) is 1.63. The lowest BCUT2D eigenvalue weighted by atomic mass is 10.0. The summed E-state index contributed by atoms with van der Waals surface area (Å²) in [5.41, 5.74) is 0. The molecular weight excluding hydrogens is 250 g/mol. The molecule has 0 aliphatic carbocycles. The van der Waals surface area contributed by atoms with Crippen LogP contribution in [0.1, 0.15) is 25.7 Å². The van der Waals surface area contributed by atoms with E-state index in [1.807, 2.05) is 23.9 Å². The SMILES string of the molecule is CN1[C@@H]2CC[C@H]1CC(Sc1cccc(Cl)c1)C2. The number of rotatable bonds is 2. The van der Waals surface area contributed by atoms with Gasteiger partial charge in [-0.25, -0.2) is 0 Å². The lowest BCUT2D eigenvalue weighted by Crippen LogP contribution is -2.40. The molecule has 2 fully saturated rings. The van der Waals surface area contributed by atoms with Crippen LogP contribution in [0.25, 0.3) is 0 Å². The fourth-order valence-electron chi connectivity index (χ4n) is 3.19. The molecule has 0 amide bonds. The van der Waals surface area contributed by atoms with Gasteiger partial charge in [0.1, 0.15) is 0 Å². The molecule has 2 aliphatic heterocycles. The van der Waals surface area contributed by atoms with Gasteiger partial charge in [-0.1, -0.05) is 17.7 Å². The molecule has 1 aromatic rings. The fourth-order valence-corrected chi connectivity index (χ4v) is 4.82. The summed E-state index contributed by atoms with van der Waals surface area (Å²) < 4.78 is 0. The summed E-state index contributed by atoms with van der Waals surface area (Å²) >= 11 is 8.05. The van der Waals surface area contributed by atoms with E-state index in [1.165, 1.54) is 30.6 Å². The molecule has 0 N–H and O–H groups in total. The van der Waals surface area contributed by atoms with Crippen molar-refractivity contribution in [2.45, 2.75) is 47.9 Å². The van der Waals surface area contributed by atoms with Crippen molar-refractivity contribution in [1.29, 1.82) is 0 Å². The third-order valence-electron chi connectivity index (χ3n) is 4.15. The molecular formula is C14H18ClNS. The maximum absolute atomic E-state index is 6.03. The van der Waals surface area contributed by atoms with Gasteiger partial charge in [0.05, 0.1) is 0 Å². The van der Waals surface area contributed by atoms with E-state index in [0.29, 0.717) is 0 Å². The van der Waals surface area contributed by atoms with Crippen LogP contribution in [0.3, 0.4) is 0 Å². The Morgan fingerprint density at radius 3 is 2.59 bits per heavy atom. The molecule has 17 heavy (non-hydrogen) atoms. The largest absolute Gasteiger partial charge is 0.300 e. The van der Waals surface area contributed by atoms with E-state index < -0.39 is 0 Å². The highest BCUT2D eigenvalue weighted by Crippen LogP contribution is 2.41. The third kappa shape index (κ3) is 2.49. The molecule has 0 spiro atoms. The molecule has 2 saturated heterocycles. The topological polar surface area (TPSA) is 3.24 Å². The van der Waals surface area contributed by atoms with Crippen LogP contribution in [0, 0.1) is 0 Å². The number of hydrogen-bond donors (Lipinski definition) is 0. The quantitative estimate of drug-likeness (QED) is 0.795. The van der Waals surface area contributed by atoms with E-state index in [-0.39, 0.29) is 0 Å². The summed E-state index contributed by atoms with van der Waals surface area (Å²) in [6.07, 6.45) is 5.47.